The van der Waals surface area contributed by atoms with Crippen molar-refractivity contribution in [1.82, 2.24) is 10.3 Å². The van der Waals surface area contributed by atoms with Crippen LogP contribution in [0, 0.1) is 0 Å². The molecule has 0 aliphatic carbocycles. The summed E-state index contributed by atoms with van der Waals surface area (Å²) in [4.78, 5) is 27.3. The number of aliphatic carboxylic acids is 1. The molecule has 0 unspecified atom stereocenters. The molecule has 0 spiro atoms. The highest BCUT2D eigenvalue weighted by Gasteiger charge is 2.29. The largest absolute Gasteiger partial charge is 0.480 e. The SMILES string of the molecule is CCCCCCCNC(=O)Cc1csc(SC(C)(C)C(=O)O)n1. The van der Waals surface area contributed by atoms with Crippen molar-refractivity contribution >= 4 is 35.0 Å². The van der Waals surface area contributed by atoms with Crippen LogP contribution >= 0.6 is 23.1 Å². The molecule has 0 atom stereocenters. The van der Waals surface area contributed by atoms with E-state index in [1.807, 2.05) is 5.38 Å². The number of rotatable bonds is 11. The van der Waals surface area contributed by atoms with Gasteiger partial charge in [-0.15, -0.1) is 11.3 Å². The molecule has 0 fully saturated rings. The van der Waals surface area contributed by atoms with Gasteiger partial charge in [-0.3, -0.25) is 9.59 Å². The summed E-state index contributed by atoms with van der Waals surface area (Å²) in [6, 6.07) is 0. The highest BCUT2D eigenvalue weighted by atomic mass is 32.2. The van der Waals surface area contributed by atoms with E-state index in [2.05, 4.69) is 17.2 Å². The van der Waals surface area contributed by atoms with Gasteiger partial charge in [-0.05, 0) is 20.3 Å². The molecule has 7 heteroatoms. The standard InChI is InChI=1S/C16H26N2O3S2/c1-4-5-6-7-8-9-17-13(19)10-12-11-22-15(18-12)23-16(2,3)14(20)21/h11H,4-10H2,1-3H3,(H,17,19)(H,20,21). The van der Waals surface area contributed by atoms with Gasteiger partial charge in [0, 0.05) is 11.9 Å². The number of aromatic nitrogens is 1. The van der Waals surface area contributed by atoms with Gasteiger partial charge in [-0.25, -0.2) is 4.98 Å². The van der Waals surface area contributed by atoms with Gasteiger partial charge >= 0.3 is 5.97 Å². The summed E-state index contributed by atoms with van der Waals surface area (Å²) in [6.45, 7) is 6.18. The van der Waals surface area contributed by atoms with Crippen LogP contribution in [0.15, 0.2) is 9.72 Å². The number of thiazole rings is 1. The number of amides is 1. The van der Waals surface area contributed by atoms with Crippen molar-refractivity contribution in [2.24, 2.45) is 0 Å². The van der Waals surface area contributed by atoms with E-state index in [4.69, 9.17) is 5.11 Å². The molecule has 0 saturated heterocycles. The second kappa shape index (κ2) is 9.93. The van der Waals surface area contributed by atoms with Crippen LogP contribution in [0.25, 0.3) is 0 Å². The number of carboxylic acids is 1. The Morgan fingerprint density at radius 3 is 2.65 bits per heavy atom. The molecule has 0 aromatic carbocycles. The maximum Gasteiger partial charge on any atom is 0.319 e. The lowest BCUT2D eigenvalue weighted by molar-refractivity contribution is -0.138. The third-order valence-electron chi connectivity index (χ3n) is 3.33. The second-order valence-corrected chi connectivity index (χ2v) is 8.69. The van der Waals surface area contributed by atoms with Crippen LogP contribution in [0.5, 0.6) is 0 Å². The van der Waals surface area contributed by atoms with Gasteiger partial charge in [-0.1, -0.05) is 44.4 Å². The minimum Gasteiger partial charge on any atom is -0.480 e. The lowest BCUT2D eigenvalue weighted by Gasteiger charge is -2.15. The van der Waals surface area contributed by atoms with Crippen molar-refractivity contribution in [2.75, 3.05) is 6.54 Å². The third kappa shape index (κ3) is 7.83. The average Bonchev–Trinajstić information content (AvgIpc) is 2.88. The molecule has 0 aliphatic rings. The van der Waals surface area contributed by atoms with Crippen molar-refractivity contribution in [3.63, 3.8) is 0 Å². The molecule has 0 saturated carbocycles. The summed E-state index contributed by atoms with van der Waals surface area (Å²) < 4.78 is -0.240. The highest BCUT2D eigenvalue weighted by Crippen LogP contribution is 2.34. The first kappa shape index (κ1) is 20.0. The molecule has 23 heavy (non-hydrogen) atoms. The van der Waals surface area contributed by atoms with Gasteiger partial charge in [0.1, 0.15) is 4.75 Å². The van der Waals surface area contributed by atoms with Crippen molar-refractivity contribution in [2.45, 2.75) is 68.4 Å². The molecule has 0 bridgehead atoms. The lowest BCUT2D eigenvalue weighted by atomic mass is 10.1. The van der Waals surface area contributed by atoms with Crippen LogP contribution in [0.4, 0.5) is 0 Å². The van der Waals surface area contributed by atoms with Crippen LogP contribution in [0.3, 0.4) is 0 Å². The number of nitrogens with zero attached hydrogens (tertiary/aromatic N) is 1. The number of hydrogen-bond acceptors (Lipinski definition) is 5. The van der Waals surface area contributed by atoms with Crippen LogP contribution in [0.2, 0.25) is 0 Å². The zero-order chi connectivity index (χ0) is 17.3. The third-order valence-corrected chi connectivity index (χ3v) is 5.50. The average molecular weight is 359 g/mol. The zero-order valence-corrected chi connectivity index (χ0v) is 15.7. The maximum atomic E-state index is 11.9. The molecule has 130 valence electrons. The molecule has 1 rings (SSSR count). The zero-order valence-electron chi connectivity index (χ0n) is 14.1. The van der Waals surface area contributed by atoms with Crippen molar-refractivity contribution in [3.8, 4) is 0 Å². The Morgan fingerprint density at radius 1 is 1.30 bits per heavy atom. The number of unbranched alkanes of at least 4 members (excludes halogenated alkanes) is 4. The normalized spacial score (nSPS) is 11.4. The molecule has 1 aromatic rings. The van der Waals surface area contributed by atoms with Crippen LogP contribution < -0.4 is 5.32 Å². The molecule has 2 N–H and O–H groups in total. The first-order chi connectivity index (χ1) is 10.8. The van der Waals surface area contributed by atoms with E-state index >= 15 is 0 Å². The molecule has 0 aliphatic heterocycles. The highest BCUT2D eigenvalue weighted by molar-refractivity contribution is 8.02. The Morgan fingerprint density at radius 2 is 2.00 bits per heavy atom. The Balaban J connectivity index is 2.32. The van der Waals surface area contributed by atoms with Gasteiger partial charge in [0.2, 0.25) is 5.91 Å². The monoisotopic (exact) mass is 358 g/mol. The van der Waals surface area contributed by atoms with Gasteiger partial charge in [-0.2, -0.15) is 0 Å². The van der Waals surface area contributed by atoms with E-state index in [0.29, 0.717) is 16.6 Å². The fourth-order valence-electron chi connectivity index (χ4n) is 1.86. The minimum atomic E-state index is -0.921. The van der Waals surface area contributed by atoms with Crippen molar-refractivity contribution in [1.29, 1.82) is 0 Å². The quantitative estimate of drug-likeness (QED) is 0.465. The summed E-state index contributed by atoms with van der Waals surface area (Å²) in [5, 5.41) is 13.9. The first-order valence-electron chi connectivity index (χ1n) is 7.98. The molecule has 1 aromatic heterocycles. The number of nitrogens with one attached hydrogen (secondary N) is 1. The number of thioether (sulfide) groups is 1. The van der Waals surface area contributed by atoms with Gasteiger partial charge in [0.25, 0.3) is 0 Å². The second-order valence-electron chi connectivity index (χ2n) is 5.96. The summed E-state index contributed by atoms with van der Waals surface area (Å²) in [6.07, 6.45) is 6.10. The fraction of sp³-hybridized carbons (Fsp3) is 0.688. The Kier molecular flexibility index (Phi) is 8.62. The summed E-state index contributed by atoms with van der Waals surface area (Å²) in [7, 11) is 0. The van der Waals surface area contributed by atoms with Crippen molar-refractivity contribution in [3.05, 3.63) is 11.1 Å². The predicted octanol–water partition coefficient (Wildman–Crippen LogP) is 3.73. The Hall–Kier alpha value is -1.08. The van der Waals surface area contributed by atoms with Crippen LogP contribution in [0.1, 0.15) is 58.6 Å². The van der Waals surface area contributed by atoms with E-state index in [9.17, 15) is 9.59 Å². The van der Waals surface area contributed by atoms with Crippen LogP contribution in [-0.2, 0) is 16.0 Å². The molecule has 1 heterocycles. The van der Waals surface area contributed by atoms with E-state index < -0.39 is 10.7 Å². The maximum absolute atomic E-state index is 11.9. The van der Waals surface area contributed by atoms with E-state index in [-0.39, 0.29) is 12.3 Å². The van der Waals surface area contributed by atoms with Gasteiger partial charge < -0.3 is 10.4 Å². The van der Waals surface area contributed by atoms with Crippen molar-refractivity contribution < 1.29 is 14.7 Å². The Bertz CT molecular complexity index is 515. The number of hydrogen-bond donors (Lipinski definition) is 2. The van der Waals surface area contributed by atoms with E-state index in [1.165, 1.54) is 42.4 Å². The number of carbonyl (C=O) groups is 2. The van der Waals surface area contributed by atoms with Gasteiger partial charge in [0.15, 0.2) is 4.34 Å². The molecular formula is C16H26N2O3S2. The summed E-state index contributed by atoms with van der Waals surface area (Å²) >= 11 is 2.59. The number of carboxylic acid groups (broad SMARTS) is 1. The topological polar surface area (TPSA) is 79.3 Å². The van der Waals surface area contributed by atoms with Crippen LogP contribution in [-0.4, -0.2) is 33.3 Å². The first-order valence-corrected chi connectivity index (χ1v) is 9.68. The summed E-state index contributed by atoms with van der Waals surface area (Å²) in [5.41, 5.74) is 0.696. The molecule has 0 radical (unpaired) electrons. The molecule has 1 amide bonds. The minimum absolute atomic E-state index is 0.0279. The number of carbonyl (C=O) groups excluding carboxylic acids is 1. The fourth-order valence-corrected chi connectivity index (χ4v) is 4.05. The molecule has 5 nitrogen and oxygen atoms in total. The molecular weight excluding hydrogens is 332 g/mol. The van der Waals surface area contributed by atoms with Gasteiger partial charge in [0.05, 0.1) is 12.1 Å². The predicted molar refractivity (Wildman–Crippen MR) is 95.2 cm³/mol. The smallest absolute Gasteiger partial charge is 0.319 e. The Labute approximate surface area is 146 Å². The lowest BCUT2D eigenvalue weighted by Crippen LogP contribution is -2.27. The van der Waals surface area contributed by atoms with E-state index in [0.717, 1.165) is 12.8 Å². The summed E-state index contributed by atoms with van der Waals surface area (Å²) in [5.74, 6) is -0.903. The van der Waals surface area contributed by atoms with E-state index in [1.54, 1.807) is 13.8 Å².